The van der Waals surface area contributed by atoms with E-state index in [0.717, 1.165) is 49.1 Å². The third kappa shape index (κ3) is 7.92. The second kappa shape index (κ2) is 13.8. The molecule has 2 aliphatic rings. The summed E-state index contributed by atoms with van der Waals surface area (Å²) in [6.45, 7) is 2.29. The van der Waals surface area contributed by atoms with E-state index in [2.05, 4.69) is 6.92 Å². The summed E-state index contributed by atoms with van der Waals surface area (Å²) in [6, 6.07) is 6.67. The number of aryl methyl sites for hydroxylation is 1. The lowest BCUT2D eigenvalue weighted by molar-refractivity contribution is 0.184. The van der Waals surface area contributed by atoms with Crippen LogP contribution in [0.15, 0.2) is 18.2 Å². The molecule has 192 valence electrons. The maximum Gasteiger partial charge on any atom is 0.306 e. The summed E-state index contributed by atoms with van der Waals surface area (Å²) in [5.74, 6) is -2.02. The molecule has 0 unspecified atom stereocenters. The first-order chi connectivity index (χ1) is 16.4. The van der Waals surface area contributed by atoms with E-state index in [-0.39, 0.29) is 0 Å². The summed E-state index contributed by atoms with van der Waals surface area (Å²) in [4.78, 5) is 0. The van der Waals surface area contributed by atoms with Crippen LogP contribution in [0.5, 0.6) is 0 Å². The van der Waals surface area contributed by atoms with Gasteiger partial charge in [-0.1, -0.05) is 82.8 Å². The quantitative estimate of drug-likeness (QED) is 0.161. The SMILES string of the molecule is CCCCC[Si@H]1CC[C@H]([C@H]2CC[C@H](CCCCc3cc(F)c(C(F)=C(F)F)c(F)c3)CC2)CC1. The number of halogens is 5. The standard InChI is InChI=1S/C28H41F5Si/c1-2-3-6-15-34-16-13-23(14-17-34)22-11-9-20(10-12-22)7-4-5-8-21-18-24(29)26(25(30)19-21)27(31)28(32)33/h18-20,22-23,34H,2-17H2,1H3/t20-,22-,23-,34-. The van der Waals surface area contributed by atoms with Crippen molar-refractivity contribution in [2.75, 3.05) is 0 Å². The Morgan fingerprint density at radius 2 is 1.44 bits per heavy atom. The van der Waals surface area contributed by atoms with Crippen molar-refractivity contribution in [3.05, 3.63) is 41.0 Å². The zero-order chi connectivity index (χ0) is 24.5. The van der Waals surface area contributed by atoms with Crippen LogP contribution in [0.4, 0.5) is 22.0 Å². The Morgan fingerprint density at radius 3 is 2.03 bits per heavy atom. The highest BCUT2D eigenvalue weighted by molar-refractivity contribution is 6.58. The molecule has 0 N–H and O–H groups in total. The van der Waals surface area contributed by atoms with E-state index in [0.29, 0.717) is 12.0 Å². The van der Waals surface area contributed by atoms with Gasteiger partial charge in [0.1, 0.15) is 11.6 Å². The molecule has 1 saturated heterocycles. The highest BCUT2D eigenvalue weighted by atomic mass is 28.3. The highest BCUT2D eigenvalue weighted by Gasteiger charge is 2.31. The summed E-state index contributed by atoms with van der Waals surface area (Å²) >= 11 is 0. The number of unbranched alkanes of at least 4 members (excludes halogenated alkanes) is 3. The first-order valence-corrected chi connectivity index (χ1v) is 16.0. The van der Waals surface area contributed by atoms with Crippen LogP contribution in [0, 0.1) is 29.4 Å². The summed E-state index contributed by atoms with van der Waals surface area (Å²) < 4.78 is 66.0. The Hall–Kier alpha value is -1.17. The van der Waals surface area contributed by atoms with Crippen LogP contribution >= 0.6 is 0 Å². The molecular formula is C28H41F5Si. The van der Waals surface area contributed by atoms with E-state index in [1.165, 1.54) is 57.8 Å². The third-order valence-electron chi connectivity index (χ3n) is 8.48. The Bertz CT molecular complexity index is 765. The molecular weight excluding hydrogens is 459 g/mol. The Morgan fingerprint density at radius 1 is 0.824 bits per heavy atom. The van der Waals surface area contributed by atoms with Crippen LogP contribution in [0.3, 0.4) is 0 Å². The molecule has 0 atom stereocenters. The second-order valence-electron chi connectivity index (χ2n) is 10.8. The molecule has 2 fully saturated rings. The molecule has 1 aliphatic heterocycles. The van der Waals surface area contributed by atoms with Crippen molar-refractivity contribution in [3.8, 4) is 0 Å². The lowest BCUT2D eigenvalue weighted by Gasteiger charge is -2.37. The summed E-state index contributed by atoms with van der Waals surface area (Å²) in [6.07, 6.45) is 13.2. The zero-order valence-corrected chi connectivity index (χ0v) is 21.8. The van der Waals surface area contributed by atoms with Gasteiger partial charge in [0.2, 0.25) is 5.83 Å². The molecule has 1 aromatic carbocycles. The van der Waals surface area contributed by atoms with Crippen molar-refractivity contribution in [1.29, 1.82) is 0 Å². The number of rotatable bonds is 11. The molecule has 3 rings (SSSR count). The predicted molar refractivity (Wildman–Crippen MR) is 133 cm³/mol. The molecule has 0 bridgehead atoms. The molecule has 1 aliphatic carbocycles. The topological polar surface area (TPSA) is 0 Å². The van der Waals surface area contributed by atoms with Gasteiger partial charge in [0.05, 0.1) is 5.56 Å². The minimum absolute atomic E-state index is 0.392. The average molecular weight is 501 g/mol. The van der Waals surface area contributed by atoms with Gasteiger partial charge in [-0.3, -0.25) is 0 Å². The van der Waals surface area contributed by atoms with Crippen molar-refractivity contribution in [2.45, 2.75) is 109 Å². The van der Waals surface area contributed by atoms with E-state index in [1.54, 1.807) is 18.1 Å². The Labute approximate surface area is 204 Å². The van der Waals surface area contributed by atoms with Gasteiger partial charge in [0, 0.05) is 8.80 Å². The van der Waals surface area contributed by atoms with Gasteiger partial charge in [0.15, 0.2) is 0 Å². The fraction of sp³-hybridized carbons (Fsp3) is 0.714. The number of hydrogen-bond donors (Lipinski definition) is 0. The van der Waals surface area contributed by atoms with Gasteiger partial charge >= 0.3 is 6.08 Å². The van der Waals surface area contributed by atoms with Crippen molar-refractivity contribution in [1.82, 2.24) is 0 Å². The summed E-state index contributed by atoms with van der Waals surface area (Å²) in [5.41, 5.74) is -0.879. The monoisotopic (exact) mass is 500 g/mol. The fourth-order valence-electron chi connectivity index (χ4n) is 6.42. The maximum atomic E-state index is 14.0. The van der Waals surface area contributed by atoms with Crippen molar-refractivity contribution >= 4 is 14.6 Å². The van der Waals surface area contributed by atoms with E-state index >= 15 is 0 Å². The Kier molecular flexibility index (Phi) is 11.1. The van der Waals surface area contributed by atoms with Crippen molar-refractivity contribution in [3.63, 3.8) is 0 Å². The normalized spacial score (nSPS) is 25.4. The van der Waals surface area contributed by atoms with Crippen LogP contribution in [-0.4, -0.2) is 8.80 Å². The van der Waals surface area contributed by atoms with Gasteiger partial charge in [-0.2, -0.15) is 8.78 Å². The zero-order valence-electron chi connectivity index (χ0n) is 20.7. The number of hydrogen-bond acceptors (Lipinski definition) is 0. The van der Waals surface area contributed by atoms with Crippen LogP contribution in [-0.2, 0) is 6.42 Å². The molecule has 0 spiro atoms. The van der Waals surface area contributed by atoms with Gasteiger partial charge in [0.25, 0.3) is 0 Å². The number of benzene rings is 1. The fourth-order valence-corrected chi connectivity index (χ4v) is 9.95. The highest BCUT2D eigenvalue weighted by Crippen LogP contribution is 2.42. The molecule has 1 aromatic rings. The summed E-state index contributed by atoms with van der Waals surface area (Å²) in [7, 11) is -0.429. The Balaban J connectivity index is 1.33. The van der Waals surface area contributed by atoms with Crippen LogP contribution < -0.4 is 0 Å². The first-order valence-electron chi connectivity index (χ1n) is 13.6. The first kappa shape index (κ1) is 27.4. The van der Waals surface area contributed by atoms with E-state index in [1.807, 2.05) is 0 Å². The van der Waals surface area contributed by atoms with Crippen LogP contribution in [0.1, 0.15) is 95.1 Å². The van der Waals surface area contributed by atoms with E-state index in [4.69, 9.17) is 0 Å². The lowest BCUT2D eigenvalue weighted by Crippen LogP contribution is -2.28. The van der Waals surface area contributed by atoms with Crippen molar-refractivity contribution < 1.29 is 22.0 Å². The van der Waals surface area contributed by atoms with Crippen LogP contribution in [0.25, 0.3) is 5.83 Å². The molecule has 0 nitrogen and oxygen atoms in total. The summed E-state index contributed by atoms with van der Waals surface area (Å²) in [5, 5.41) is 0. The minimum atomic E-state index is -2.71. The molecule has 34 heavy (non-hydrogen) atoms. The predicted octanol–water partition coefficient (Wildman–Crippen LogP) is 9.85. The minimum Gasteiger partial charge on any atom is -0.206 e. The smallest absolute Gasteiger partial charge is 0.206 e. The van der Waals surface area contributed by atoms with E-state index in [9.17, 15) is 22.0 Å². The lowest BCUT2D eigenvalue weighted by atomic mass is 9.73. The average Bonchev–Trinajstić information content (AvgIpc) is 2.82. The van der Waals surface area contributed by atoms with Crippen molar-refractivity contribution in [2.24, 2.45) is 17.8 Å². The van der Waals surface area contributed by atoms with Gasteiger partial charge < -0.3 is 0 Å². The van der Waals surface area contributed by atoms with Gasteiger partial charge in [-0.05, 0) is 61.1 Å². The largest absolute Gasteiger partial charge is 0.306 e. The van der Waals surface area contributed by atoms with Gasteiger partial charge in [-0.25, -0.2) is 13.2 Å². The van der Waals surface area contributed by atoms with Crippen LogP contribution in [0.2, 0.25) is 18.1 Å². The molecule has 0 amide bonds. The maximum absolute atomic E-state index is 14.0. The second-order valence-corrected chi connectivity index (χ2v) is 14.3. The molecule has 1 heterocycles. The van der Waals surface area contributed by atoms with E-state index < -0.39 is 37.9 Å². The molecule has 0 radical (unpaired) electrons. The molecule has 0 aromatic heterocycles. The van der Waals surface area contributed by atoms with Gasteiger partial charge in [-0.15, -0.1) is 0 Å². The molecule has 6 heteroatoms. The third-order valence-corrected chi connectivity index (χ3v) is 12.0. The molecule has 1 saturated carbocycles.